The van der Waals surface area contributed by atoms with Crippen LogP contribution in [0.5, 0.6) is 5.75 Å². The number of aliphatic carboxylic acids is 1. The second-order valence-corrected chi connectivity index (χ2v) is 5.52. The molecule has 1 aliphatic heterocycles. The third kappa shape index (κ3) is 4.43. The van der Waals surface area contributed by atoms with Gasteiger partial charge in [-0.05, 0) is 12.5 Å². The molecule has 2 atom stereocenters. The topological polar surface area (TPSA) is 148 Å². The van der Waals surface area contributed by atoms with E-state index in [2.05, 4.69) is 10.6 Å². The summed E-state index contributed by atoms with van der Waals surface area (Å²) in [5.41, 5.74) is 0.0641. The SMILES string of the molecule is COc1ccc([N+](=O)[O-])cc1C[C@H](NC(=O)[C@@H]1CCC(=O)N1)C(=O)O. The van der Waals surface area contributed by atoms with E-state index in [-0.39, 0.29) is 42.2 Å². The van der Waals surface area contributed by atoms with Crippen LogP contribution in [-0.2, 0) is 20.8 Å². The number of carboxylic acid groups (broad SMARTS) is 1. The normalized spacial score (nSPS) is 17.5. The zero-order valence-electron chi connectivity index (χ0n) is 13.4. The molecule has 10 nitrogen and oxygen atoms in total. The van der Waals surface area contributed by atoms with Crippen molar-refractivity contribution in [3.63, 3.8) is 0 Å². The minimum atomic E-state index is -1.32. The molecule has 0 radical (unpaired) electrons. The fourth-order valence-corrected chi connectivity index (χ4v) is 2.54. The van der Waals surface area contributed by atoms with Gasteiger partial charge in [-0.25, -0.2) is 4.79 Å². The highest BCUT2D eigenvalue weighted by Gasteiger charge is 2.31. The molecule has 1 aliphatic rings. The number of nitro groups is 1. The number of ether oxygens (including phenoxy) is 1. The standard InChI is InChI=1S/C15H17N3O7/c1-25-12-4-2-9(18(23)24)6-8(12)7-11(15(21)22)17-14(20)10-3-5-13(19)16-10/h2,4,6,10-11H,3,5,7H2,1H3,(H,16,19)(H,17,20)(H,21,22)/t10-,11-/m0/s1. The summed E-state index contributed by atoms with van der Waals surface area (Å²) < 4.78 is 5.09. The number of carbonyl (C=O) groups is 3. The lowest BCUT2D eigenvalue weighted by atomic mass is 10.0. The van der Waals surface area contributed by atoms with Gasteiger partial charge in [0.15, 0.2) is 0 Å². The minimum absolute atomic E-state index is 0.202. The van der Waals surface area contributed by atoms with Crippen LogP contribution in [0, 0.1) is 10.1 Å². The number of rotatable bonds is 7. The summed E-state index contributed by atoms with van der Waals surface area (Å²) in [6, 6.07) is 1.72. The second-order valence-electron chi connectivity index (χ2n) is 5.52. The van der Waals surface area contributed by atoms with Crippen LogP contribution in [0.1, 0.15) is 18.4 Å². The number of hydrogen-bond donors (Lipinski definition) is 3. The molecule has 1 aromatic carbocycles. The quantitative estimate of drug-likeness (QED) is 0.462. The lowest BCUT2D eigenvalue weighted by molar-refractivity contribution is -0.384. The lowest BCUT2D eigenvalue weighted by Gasteiger charge is -2.18. The molecule has 1 aromatic rings. The van der Waals surface area contributed by atoms with E-state index in [4.69, 9.17) is 4.74 Å². The van der Waals surface area contributed by atoms with Crippen molar-refractivity contribution in [3.8, 4) is 5.75 Å². The van der Waals surface area contributed by atoms with Gasteiger partial charge in [-0.3, -0.25) is 19.7 Å². The Morgan fingerprint density at radius 2 is 2.24 bits per heavy atom. The van der Waals surface area contributed by atoms with E-state index in [0.29, 0.717) is 0 Å². The summed E-state index contributed by atoms with van der Waals surface area (Å²) in [5.74, 6) is -1.90. The van der Waals surface area contributed by atoms with Crippen molar-refractivity contribution in [1.82, 2.24) is 10.6 Å². The van der Waals surface area contributed by atoms with Gasteiger partial charge < -0.3 is 20.5 Å². The zero-order valence-corrected chi connectivity index (χ0v) is 13.4. The molecule has 25 heavy (non-hydrogen) atoms. The number of nitrogens with zero attached hydrogens (tertiary/aromatic N) is 1. The summed E-state index contributed by atoms with van der Waals surface area (Å²) in [7, 11) is 1.35. The van der Waals surface area contributed by atoms with E-state index < -0.39 is 28.9 Å². The first-order valence-corrected chi connectivity index (χ1v) is 7.45. The van der Waals surface area contributed by atoms with Crippen molar-refractivity contribution in [2.45, 2.75) is 31.3 Å². The fourth-order valence-electron chi connectivity index (χ4n) is 2.54. The highest BCUT2D eigenvalue weighted by atomic mass is 16.6. The van der Waals surface area contributed by atoms with Gasteiger partial charge >= 0.3 is 5.97 Å². The molecule has 1 fully saturated rings. The van der Waals surface area contributed by atoms with Gasteiger partial charge in [-0.15, -0.1) is 0 Å². The Bertz CT molecular complexity index is 719. The van der Waals surface area contributed by atoms with E-state index in [1.165, 1.54) is 25.3 Å². The average Bonchev–Trinajstić information content (AvgIpc) is 3.00. The number of non-ortho nitro benzene ring substituents is 1. The van der Waals surface area contributed by atoms with Crippen LogP contribution in [0.3, 0.4) is 0 Å². The Kier molecular flexibility index (Phi) is 5.52. The summed E-state index contributed by atoms with van der Waals surface area (Å²) >= 11 is 0. The lowest BCUT2D eigenvalue weighted by Crippen LogP contribution is -2.49. The maximum Gasteiger partial charge on any atom is 0.326 e. The van der Waals surface area contributed by atoms with Crippen molar-refractivity contribution >= 4 is 23.5 Å². The van der Waals surface area contributed by atoms with Gasteiger partial charge in [-0.2, -0.15) is 0 Å². The van der Waals surface area contributed by atoms with Crippen LogP contribution in [0.15, 0.2) is 18.2 Å². The van der Waals surface area contributed by atoms with Gasteiger partial charge in [0.05, 0.1) is 12.0 Å². The molecular weight excluding hydrogens is 334 g/mol. The molecular formula is C15H17N3O7. The Hall–Kier alpha value is -3.17. The second kappa shape index (κ2) is 7.60. The monoisotopic (exact) mass is 351 g/mol. The third-order valence-electron chi connectivity index (χ3n) is 3.83. The van der Waals surface area contributed by atoms with Crippen LogP contribution in [0.25, 0.3) is 0 Å². The maximum atomic E-state index is 12.1. The molecule has 10 heteroatoms. The van der Waals surface area contributed by atoms with Crippen molar-refractivity contribution in [3.05, 3.63) is 33.9 Å². The van der Waals surface area contributed by atoms with E-state index in [9.17, 15) is 29.6 Å². The van der Waals surface area contributed by atoms with Crippen molar-refractivity contribution < 1.29 is 29.2 Å². The Balaban J connectivity index is 2.17. The molecule has 0 aliphatic carbocycles. The summed E-state index contributed by atoms with van der Waals surface area (Å²) in [5, 5.41) is 25.0. The number of benzene rings is 1. The van der Waals surface area contributed by atoms with Crippen LogP contribution < -0.4 is 15.4 Å². The number of nitro benzene ring substituents is 1. The van der Waals surface area contributed by atoms with Gasteiger partial charge in [0.1, 0.15) is 17.8 Å². The Morgan fingerprint density at radius 3 is 2.76 bits per heavy atom. The van der Waals surface area contributed by atoms with Crippen molar-refractivity contribution in [2.75, 3.05) is 7.11 Å². The first-order chi connectivity index (χ1) is 11.8. The Labute approximate surface area is 142 Å². The van der Waals surface area contributed by atoms with Gasteiger partial charge in [-0.1, -0.05) is 0 Å². The molecule has 0 aromatic heterocycles. The largest absolute Gasteiger partial charge is 0.496 e. The molecule has 0 unspecified atom stereocenters. The van der Waals surface area contributed by atoms with Crippen LogP contribution in [0.2, 0.25) is 0 Å². The molecule has 0 bridgehead atoms. The van der Waals surface area contributed by atoms with Gasteiger partial charge in [0.2, 0.25) is 11.8 Å². The number of hydrogen-bond acceptors (Lipinski definition) is 6. The Morgan fingerprint density at radius 1 is 1.52 bits per heavy atom. The molecule has 1 saturated heterocycles. The number of carboxylic acids is 1. The van der Waals surface area contributed by atoms with Crippen molar-refractivity contribution in [1.29, 1.82) is 0 Å². The van der Waals surface area contributed by atoms with Crippen LogP contribution >= 0.6 is 0 Å². The van der Waals surface area contributed by atoms with E-state index in [1.807, 2.05) is 0 Å². The van der Waals surface area contributed by atoms with E-state index in [1.54, 1.807) is 0 Å². The van der Waals surface area contributed by atoms with Crippen LogP contribution in [-0.4, -0.2) is 47.0 Å². The summed E-state index contributed by atoms with van der Waals surface area (Å²) in [4.78, 5) is 45.0. The van der Waals surface area contributed by atoms with Crippen molar-refractivity contribution in [2.24, 2.45) is 0 Å². The van der Waals surface area contributed by atoms with Gasteiger partial charge in [0, 0.05) is 30.5 Å². The molecule has 0 spiro atoms. The molecule has 0 saturated carbocycles. The average molecular weight is 351 g/mol. The first kappa shape index (κ1) is 18.2. The summed E-state index contributed by atoms with van der Waals surface area (Å²) in [6.07, 6.45) is 0.290. The minimum Gasteiger partial charge on any atom is -0.496 e. The highest BCUT2D eigenvalue weighted by Crippen LogP contribution is 2.25. The number of amides is 2. The smallest absolute Gasteiger partial charge is 0.326 e. The highest BCUT2D eigenvalue weighted by molar-refractivity contribution is 5.92. The maximum absolute atomic E-state index is 12.1. The zero-order chi connectivity index (χ0) is 18.6. The number of carbonyl (C=O) groups excluding carboxylic acids is 2. The van der Waals surface area contributed by atoms with Gasteiger partial charge in [0.25, 0.3) is 5.69 Å². The van der Waals surface area contributed by atoms with E-state index >= 15 is 0 Å². The molecule has 2 amide bonds. The summed E-state index contributed by atoms with van der Waals surface area (Å²) in [6.45, 7) is 0. The number of methoxy groups -OCH3 is 1. The van der Waals surface area contributed by atoms with E-state index in [0.717, 1.165) is 0 Å². The molecule has 1 heterocycles. The fraction of sp³-hybridized carbons (Fsp3) is 0.400. The third-order valence-corrected chi connectivity index (χ3v) is 3.83. The predicted octanol–water partition coefficient (Wildman–Crippen LogP) is -0.00610. The molecule has 2 rings (SSSR count). The molecule has 134 valence electrons. The van der Waals surface area contributed by atoms with Crippen LogP contribution in [0.4, 0.5) is 5.69 Å². The first-order valence-electron chi connectivity index (χ1n) is 7.45. The molecule has 3 N–H and O–H groups in total. The predicted molar refractivity (Wildman–Crippen MR) is 84.1 cm³/mol. The number of nitrogens with one attached hydrogen (secondary N) is 2.